The highest BCUT2D eigenvalue weighted by Crippen LogP contribution is 2.24. The fourth-order valence-electron chi connectivity index (χ4n) is 2.54. The fourth-order valence-corrected chi connectivity index (χ4v) is 2.54. The Morgan fingerprint density at radius 3 is 3.05 bits per heavy atom. The molecule has 5 heteroatoms. The van der Waals surface area contributed by atoms with Gasteiger partial charge in [-0.2, -0.15) is 0 Å². The van der Waals surface area contributed by atoms with Gasteiger partial charge in [-0.1, -0.05) is 12.1 Å². The Morgan fingerprint density at radius 1 is 1.50 bits per heavy atom. The van der Waals surface area contributed by atoms with Gasteiger partial charge in [-0.15, -0.1) is 0 Å². The average Bonchev–Trinajstić information content (AvgIpc) is 2.88. The van der Waals surface area contributed by atoms with Crippen LogP contribution in [0.25, 0.3) is 0 Å². The smallest absolute Gasteiger partial charge is 0.238 e. The van der Waals surface area contributed by atoms with E-state index in [4.69, 9.17) is 4.74 Å². The third-order valence-corrected chi connectivity index (χ3v) is 3.52. The Bertz CT molecular complexity index is 450. The second kappa shape index (κ2) is 7.26. The number of hydrogen-bond acceptors (Lipinski definition) is 4. The zero-order chi connectivity index (χ0) is 14.4. The number of anilines is 1. The van der Waals surface area contributed by atoms with Gasteiger partial charge >= 0.3 is 0 Å². The number of nitrogens with zero attached hydrogens (tertiary/aromatic N) is 1. The van der Waals surface area contributed by atoms with E-state index < -0.39 is 0 Å². The van der Waals surface area contributed by atoms with Crippen LogP contribution in [0, 0.1) is 0 Å². The number of rotatable bonds is 6. The normalized spacial score (nSPS) is 19.0. The van der Waals surface area contributed by atoms with Crippen LogP contribution < -0.4 is 10.1 Å². The van der Waals surface area contributed by atoms with Gasteiger partial charge in [-0.05, 0) is 38.4 Å². The van der Waals surface area contributed by atoms with E-state index in [1.807, 2.05) is 36.1 Å². The van der Waals surface area contributed by atoms with Crippen molar-refractivity contribution in [2.45, 2.75) is 25.8 Å². The molecule has 1 unspecified atom stereocenters. The molecule has 0 aliphatic carbocycles. The van der Waals surface area contributed by atoms with Crippen molar-refractivity contribution >= 4 is 11.6 Å². The molecule has 20 heavy (non-hydrogen) atoms. The van der Waals surface area contributed by atoms with E-state index in [1.54, 1.807) is 0 Å². The summed E-state index contributed by atoms with van der Waals surface area (Å²) in [5.74, 6) is 0.612. The molecule has 5 nitrogen and oxygen atoms in total. The number of para-hydroxylation sites is 2. The van der Waals surface area contributed by atoms with E-state index in [9.17, 15) is 9.90 Å². The van der Waals surface area contributed by atoms with E-state index in [1.165, 1.54) is 0 Å². The van der Waals surface area contributed by atoms with Gasteiger partial charge in [0.2, 0.25) is 5.91 Å². The van der Waals surface area contributed by atoms with Gasteiger partial charge in [0, 0.05) is 6.04 Å². The molecule has 1 aliphatic heterocycles. The van der Waals surface area contributed by atoms with Crippen molar-refractivity contribution in [3.8, 4) is 5.75 Å². The lowest BCUT2D eigenvalue weighted by Crippen LogP contribution is -2.38. The minimum absolute atomic E-state index is 0.0718. The first-order valence-electron chi connectivity index (χ1n) is 7.11. The lowest BCUT2D eigenvalue weighted by molar-refractivity contribution is -0.117. The van der Waals surface area contributed by atoms with E-state index in [2.05, 4.69) is 5.32 Å². The molecular formula is C15H22N2O3. The molecule has 110 valence electrons. The lowest BCUT2D eigenvalue weighted by atomic mass is 10.2. The van der Waals surface area contributed by atoms with Crippen LogP contribution in [0.5, 0.6) is 5.75 Å². The van der Waals surface area contributed by atoms with Crippen molar-refractivity contribution in [1.29, 1.82) is 0 Å². The number of ether oxygens (including phenoxy) is 1. The second-order valence-corrected chi connectivity index (χ2v) is 4.93. The molecular weight excluding hydrogens is 256 g/mol. The summed E-state index contributed by atoms with van der Waals surface area (Å²) < 4.78 is 5.48. The van der Waals surface area contributed by atoms with Crippen molar-refractivity contribution < 1.29 is 14.6 Å². The van der Waals surface area contributed by atoms with Gasteiger partial charge in [0.15, 0.2) is 0 Å². The zero-order valence-electron chi connectivity index (χ0n) is 11.8. The predicted octanol–water partition coefficient (Wildman–Crippen LogP) is 1.48. The Hall–Kier alpha value is -1.59. The number of carbonyl (C=O) groups is 1. The van der Waals surface area contributed by atoms with Gasteiger partial charge < -0.3 is 15.2 Å². The molecule has 1 amide bonds. The molecule has 1 aliphatic rings. The summed E-state index contributed by atoms with van der Waals surface area (Å²) in [6.45, 7) is 3.76. The maximum absolute atomic E-state index is 12.1. The van der Waals surface area contributed by atoms with Crippen LogP contribution in [0.3, 0.4) is 0 Å². The molecule has 0 saturated carbocycles. The van der Waals surface area contributed by atoms with Gasteiger partial charge in [-0.25, -0.2) is 0 Å². The highest BCUT2D eigenvalue weighted by Gasteiger charge is 2.25. The Kier molecular flexibility index (Phi) is 5.38. The quantitative estimate of drug-likeness (QED) is 0.827. The third-order valence-electron chi connectivity index (χ3n) is 3.52. The molecule has 0 aromatic heterocycles. The first kappa shape index (κ1) is 14.8. The zero-order valence-corrected chi connectivity index (χ0v) is 11.8. The summed E-state index contributed by atoms with van der Waals surface area (Å²) in [6.07, 6.45) is 1.99. The van der Waals surface area contributed by atoms with Gasteiger partial charge in [-0.3, -0.25) is 9.69 Å². The van der Waals surface area contributed by atoms with Gasteiger partial charge in [0.05, 0.1) is 25.4 Å². The number of carbonyl (C=O) groups excluding carboxylic acids is 1. The predicted molar refractivity (Wildman–Crippen MR) is 77.9 cm³/mol. The lowest BCUT2D eigenvalue weighted by Gasteiger charge is -2.22. The van der Waals surface area contributed by atoms with Crippen LogP contribution in [-0.2, 0) is 4.79 Å². The van der Waals surface area contributed by atoms with Crippen molar-refractivity contribution in [2.75, 3.05) is 31.6 Å². The molecule has 0 radical (unpaired) electrons. The number of hydrogen-bond donors (Lipinski definition) is 2. The molecule has 1 fully saturated rings. The Morgan fingerprint density at radius 2 is 2.30 bits per heavy atom. The largest absolute Gasteiger partial charge is 0.492 e. The summed E-state index contributed by atoms with van der Waals surface area (Å²) in [5, 5.41) is 12.1. The average molecular weight is 278 g/mol. The Balaban J connectivity index is 1.94. The van der Waals surface area contributed by atoms with Gasteiger partial charge in [0.1, 0.15) is 5.75 Å². The van der Waals surface area contributed by atoms with Crippen molar-refractivity contribution in [3.05, 3.63) is 24.3 Å². The third kappa shape index (κ3) is 3.71. The van der Waals surface area contributed by atoms with E-state index in [-0.39, 0.29) is 18.6 Å². The molecule has 1 aromatic carbocycles. The topological polar surface area (TPSA) is 61.8 Å². The molecule has 0 bridgehead atoms. The van der Waals surface area contributed by atoms with Crippen LogP contribution in [0.15, 0.2) is 24.3 Å². The summed E-state index contributed by atoms with van der Waals surface area (Å²) in [6, 6.07) is 7.53. The maximum Gasteiger partial charge on any atom is 0.238 e. The number of amides is 1. The molecule has 1 saturated heterocycles. The van der Waals surface area contributed by atoms with Crippen LogP contribution >= 0.6 is 0 Å². The Labute approximate surface area is 119 Å². The number of aliphatic hydroxyl groups is 1. The first-order chi connectivity index (χ1) is 9.74. The fraction of sp³-hybridized carbons (Fsp3) is 0.533. The van der Waals surface area contributed by atoms with Gasteiger partial charge in [0.25, 0.3) is 0 Å². The monoisotopic (exact) mass is 278 g/mol. The summed E-state index contributed by atoms with van der Waals surface area (Å²) in [4.78, 5) is 14.1. The molecule has 1 heterocycles. The highest BCUT2D eigenvalue weighted by atomic mass is 16.5. The molecule has 1 aromatic rings. The number of likely N-dealkylation sites (tertiary alicyclic amines) is 1. The van der Waals surface area contributed by atoms with Crippen LogP contribution in [0.2, 0.25) is 0 Å². The SMILES string of the molecule is CCOc1ccccc1NC(=O)CN1CCCC1CO. The second-order valence-electron chi connectivity index (χ2n) is 4.93. The molecule has 2 rings (SSSR count). The van der Waals surface area contributed by atoms with Crippen molar-refractivity contribution in [2.24, 2.45) is 0 Å². The molecule has 2 N–H and O–H groups in total. The van der Waals surface area contributed by atoms with Crippen LogP contribution in [-0.4, -0.2) is 48.3 Å². The standard InChI is InChI=1S/C15H22N2O3/c1-2-20-14-8-4-3-7-13(14)16-15(19)10-17-9-5-6-12(17)11-18/h3-4,7-8,12,18H,2,5-6,9-11H2,1H3,(H,16,19). The number of nitrogens with one attached hydrogen (secondary N) is 1. The number of aliphatic hydroxyl groups excluding tert-OH is 1. The minimum Gasteiger partial charge on any atom is -0.492 e. The summed E-state index contributed by atoms with van der Waals surface area (Å²) in [7, 11) is 0. The maximum atomic E-state index is 12.1. The van der Waals surface area contributed by atoms with Crippen molar-refractivity contribution in [3.63, 3.8) is 0 Å². The molecule has 1 atom stereocenters. The van der Waals surface area contributed by atoms with Crippen molar-refractivity contribution in [1.82, 2.24) is 4.90 Å². The van der Waals surface area contributed by atoms with E-state index >= 15 is 0 Å². The minimum atomic E-state index is -0.0718. The molecule has 0 spiro atoms. The summed E-state index contributed by atoms with van der Waals surface area (Å²) >= 11 is 0. The number of benzene rings is 1. The highest BCUT2D eigenvalue weighted by molar-refractivity contribution is 5.93. The van der Waals surface area contributed by atoms with E-state index in [0.29, 0.717) is 24.6 Å². The van der Waals surface area contributed by atoms with Crippen LogP contribution in [0.1, 0.15) is 19.8 Å². The van der Waals surface area contributed by atoms with E-state index in [0.717, 1.165) is 19.4 Å². The first-order valence-corrected chi connectivity index (χ1v) is 7.11. The van der Waals surface area contributed by atoms with Crippen LogP contribution in [0.4, 0.5) is 5.69 Å². The summed E-state index contributed by atoms with van der Waals surface area (Å²) in [5.41, 5.74) is 0.694.